The number of carbonyl (C=O) groups excluding carboxylic acids is 1. The summed E-state index contributed by atoms with van der Waals surface area (Å²) in [4.78, 5) is 12.3. The van der Waals surface area contributed by atoms with E-state index >= 15 is 0 Å². The molecule has 0 amide bonds. The lowest BCUT2D eigenvalue weighted by Crippen LogP contribution is -1.91. The Hall–Kier alpha value is -1.32. The molecule has 0 aliphatic carbocycles. The van der Waals surface area contributed by atoms with Gasteiger partial charge in [-0.05, 0) is 30.7 Å². The fourth-order valence-electron chi connectivity index (χ4n) is 1.63. The van der Waals surface area contributed by atoms with Crippen LogP contribution in [0.4, 0.5) is 4.39 Å². The highest BCUT2D eigenvalue weighted by Gasteiger charge is 2.07. The number of benzene rings is 2. The van der Waals surface area contributed by atoms with Crippen LogP contribution in [0.25, 0.3) is 0 Å². The molecule has 0 bridgehead atoms. The van der Waals surface area contributed by atoms with Crippen LogP contribution in [0.3, 0.4) is 0 Å². The minimum atomic E-state index is -0.405. The molecular weight excluding hydrogens is 283 g/mol. The summed E-state index contributed by atoms with van der Waals surface area (Å²) in [6, 6.07) is 12.2. The normalized spacial score (nSPS) is 10.5. The zero-order chi connectivity index (χ0) is 13.8. The molecular formula is C15H12ClFOS. The fourth-order valence-corrected chi connectivity index (χ4v) is 2.85. The lowest BCUT2D eigenvalue weighted by molar-refractivity contribution is 0.101. The van der Waals surface area contributed by atoms with E-state index in [0.29, 0.717) is 11.3 Å². The maximum atomic E-state index is 13.3. The molecule has 19 heavy (non-hydrogen) atoms. The molecule has 0 N–H and O–H groups in total. The van der Waals surface area contributed by atoms with Crippen LogP contribution in [0.5, 0.6) is 0 Å². The van der Waals surface area contributed by atoms with Gasteiger partial charge in [0.2, 0.25) is 0 Å². The third-order valence-corrected chi connectivity index (χ3v) is 4.13. The SMILES string of the molecule is CC(=O)c1cccc(SCc2cccc(F)c2Cl)c1. The molecule has 0 fully saturated rings. The van der Waals surface area contributed by atoms with Crippen molar-refractivity contribution >= 4 is 29.1 Å². The summed E-state index contributed by atoms with van der Waals surface area (Å²) in [7, 11) is 0. The molecule has 0 aliphatic heterocycles. The lowest BCUT2D eigenvalue weighted by atomic mass is 10.2. The zero-order valence-corrected chi connectivity index (χ0v) is 11.9. The maximum Gasteiger partial charge on any atom is 0.159 e. The van der Waals surface area contributed by atoms with Crippen LogP contribution in [0.2, 0.25) is 5.02 Å². The van der Waals surface area contributed by atoms with Crippen molar-refractivity contribution in [3.05, 3.63) is 64.4 Å². The Morgan fingerprint density at radius 1 is 1.26 bits per heavy atom. The van der Waals surface area contributed by atoms with Crippen LogP contribution in [0.15, 0.2) is 47.4 Å². The molecule has 0 atom stereocenters. The quantitative estimate of drug-likeness (QED) is 0.585. The maximum absolute atomic E-state index is 13.3. The first-order valence-electron chi connectivity index (χ1n) is 5.74. The van der Waals surface area contributed by atoms with E-state index in [-0.39, 0.29) is 10.8 Å². The lowest BCUT2D eigenvalue weighted by Gasteiger charge is -2.06. The van der Waals surface area contributed by atoms with Crippen molar-refractivity contribution in [2.75, 3.05) is 0 Å². The topological polar surface area (TPSA) is 17.1 Å². The van der Waals surface area contributed by atoms with Gasteiger partial charge in [0.1, 0.15) is 5.82 Å². The number of thioether (sulfide) groups is 1. The standard InChI is InChI=1S/C15H12ClFOS/c1-10(18)11-4-2-6-13(8-11)19-9-12-5-3-7-14(17)15(12)16/h2-8H,9H2,1H3. The van der Waals surface area contributed by atoms with Gasteiger partial charge in [0.05, 0.1) is 5.02 Å². The molecule has 2 aromatic carbocycles. The number of ketones is 1. The summed E-state index contributed by atoms with van der Waals surface area (Å²) in [6.07, 6.45) is 0. The van der Waals surface area contributed by atoms with Crippen molar-refractivity contribution < 1.29 is 9.18 Å². The predicted molar refractivity (Wildman–Crippen MR) is 77.4 cm³/mol. The molecule has 0 spiro atoms. The van der Waals surface area contributed by atoms with Gasteiger partial charge < -0.3 is 0 Å². The van der Waals surface area contributed by atoms with Crippen molar-refractivity contribution in [3.63, 3.8) is 0 Å². The first kappa shape index (κ1) is 14.1. The minimum Gasteiger partial charge on any atom is -0.295 e. The van der Waals surface area contributed by atoms with Gasteiger partial charge in [0.15, 0.2) is 5.78 Å². The molecule has 2 aromatic rings. The van der Waals surface area contributed by atoms with Gasteiger partial charge in [-0.3, -0.25) is 4.79 Å². The van der Waals surface area contributed by atoms with Crippen LogP contribution in [-0.2, 0) is 5.75 Å². The van der Waals surface area contributed by atoms with E-state index < -0.39 is 5.82 Å². The first-order chi connectivity index (χ1) is 9.08. The number of carbonyl (C=O) groups is 1. The Kier molecular flexibility index (Phi) is 4.61. The number of hydrogen-bond donors (Lipinski definition) is 0. The predicted octanol–water partition coefficient (Wildman–Crippen LogP) is 4.97. The van der Waals surface area contributed by atoms with Gasteiger partial charge in [-0.1, -0.05) is 35.9 Å². The summed E-state index contributed by atoms with van der Waals surface area (Å²) in [5.74, 6) is 0.196. The second-order valence-electron chi connectivity index (χ2n) is 4.09. The summed E-state index contributed by atoms with van der Waals surface area (Å²) in [6.45, 7) is 1.53. The van der Waals surface area contributed by atoms with Crippen molar-refractivity contribution in [2.24, 2.45) is 0 Å². The summed E-state index contributed by atoms with van der Waals surface area (Å²) in [5, 5.41) is 0.165. The average molecular weight is 295 g/mol. The van der Waals surface area contributed by atoms with Crippen LogP contribution in [0.1, 0.15) is 22.8 Å². The van der Waals surface area contributed by atoms with E-state index in [0.717, 1.165) is 10.5 Å². The molecule has 0 radical (unpaired) electrons. The van der Waals surface area contributed by atoms with Crippen LogP contribution >= 0.6 is 23.4 Å². The van der Waals surface area contributed by atoms with Gasteiger partial charge in [-0.15, -0.1) is 11.8 Å². The summed E-state index contributed by atoms with van der Waals surface area (Å²) in [5.41, 5.74) is 1.43. The Morgan fingerprint density at radius 3 is 2.74 bits per heavy atom. The van der Waals surface area contributed by atoms with Gasteiger partial charge in [0.25, 0.3) is 0 Å². The molecule has 0 saturated heterocycles. The molecule has 0 heterocycles. The second kappa shape index (κ2) is 6.22. The Balaban J connectivity index is 2.12. The minimum absolute atomic E-state index is 0.0336. The zero-order valence-electron chi connectivity index (χ0n) is 10.3. The molecule has 0 unspecified atom stereocenters. The molecule has 1 nitrogen and oxygen atoms in total. The van der Waals surface area contributed by atoms with Gasteiger partial charge in [-0.2, -0.15) is 0 Å². The van der Waals surface area contributed by atoms with E-state index in [2.05, 4.69) is 0 Å². The van der Waals surface area contributed by atoms with Crippen LogP contribution in [0, 0.1) is 5.82 Å². The van der Waals surface area contributed by atoms with Crippen LogP contribution in [-0.4, -0.2) is 5.78 Å². The average Bonchev–Trinajstić information content (AvgIpc) is 2.41. The van der Waals surface area contributed by atoms with E-state index in [1.807, 2.05) is 18.2 Å². The number of halogens is 2. The molecule has 98 valence electrons. The highest BCUT2D eigenvalue weighted by atomic mass is 35.5. The van der Waals surface area contributed by atoms with E-state index in [9.17, 15) is 9.18 Å². The molecule has 0 aliphatic rings. The number of Topliss-reactive ketones (excluding diaryl/α,β-unsaturated/α-hetero) is 1. The third kappa shape index (κ3) is 3.58. The summed E-state index contributed by atoms with van der Waals surface area (Å²) >= 11 is 7.42. The van der Waals surface area contributed by atoms with Gasteiger partial charge >= 0.3 is 0 Å². The smallest absolute Gasteiger partial charge is 0.159 e. The van der Waals surface area contributed by atoms with Crippen LogP contribution < -0.4 is 0 Å². The first-order valence-corrected chi connectivity index (χ1v) is 7.11. The summed E-state index contributed by atoms with van der Waals surface area (Å²) < 4.78 is 13.3. The highest BCUT2D eigenvalue weighted by Crippen LogP contribution is 2.28. The molecule has 0 aromatic heterocycles. The van der Waals surface area contributed by atoms with Crippen molar-refractivity contribution in [1.29, 1.82) is 0 Å². The van der Waals surface area contributed by atoms with E-state index in [1.165, 1.54) is 24.8 Å². The Labute approximate surface area is 120 Å². The Bertz CT molecular complexity index is 613. The van der Waals surface area contributed by atoms with E-state index in [4.69, 9.17) is 11.6 Å². The molecule has 2 rings (SSSR count). The third-order valence-electron chi connectivity index (χ3n) is 2.67. The van der Waals surface area contributed by atoms with Crippen molar-refractivity contribution in [2.45, 2.75) is 17.6 Å². The molecule has 4 heteroatoms. The fraction of sp³-hybridized carbons (Fsp3) is 0.133. The van der Waals surface area contributed by atoms with Crippen molar-refractivity contribution in [3.8, 4) is 0 Å². The highest BCUT2D eigenvalue weighted by molar-refractivity contribution is 7.98. The van der Waals surface area contributed by atoms with Crippen molar-refractivity contribution in [1.82, 2.24) is 0 Å². The Morgan fingerprint density at radius 2 is 2.00 bits per heavy atom. The molecule has 0 saturated carbocycles. The number of rotatable bonds is 4. The largest absolute Gasteiger partial charge is 0.295 e. The van der Waals surface area contributed by atoms with Gasteiger partial charge in [-0.25, -0.2) is 4.39 Å². The number of hydrogen-bond acceptors (Lipinski definition) is 2. The second-order valence-corrected chi connectivity index (χ2v) is 5.51. The van der Waals surface area contributed by atoms with Gasteiger partial charge in [0, 0.05) is 16.2 Å². The van der Waals surface area contributed by atoms with E-state index in [1.54, 1.807) is 18.2 Å². The monoisotopic (exact) mass is 294 g/mol.